The van der Waals surface area contributed by atoms with Crippen LogP contribution in [-0.4, -0.2) is 60.0 Å². The van der Waals surface area contributed by atoms with E-state index in [2.05, 4.69) is 10.4 Å². The molecular weight excluding hydrogens is 471 g/mol. The molecule has 0 bridgehead atoms. The number of nitrogens with zero attached hydrogens (tertiary/aromatic N) is 3. The molecule has 0 fully saturated rings. The second kappa shape index (κ2) is 11.6. The van der Waals surface area contributed by atoms with Gasteiger partial charge < -0.3 is 9.64 Å². The number of amides is 2. The predicted molar refractivity (Wildman–Crippen MR) is 131 cm³/mol. The third-order valence-electron chi connectivity index (χ3n) is 4.53. The molecule has 2 aromatic rings. The van der Waals surface area contributed by atoms with Gasteiger partial charge in [0.15, 0.2) is 0 Å². The van der Waals surface area contributed by atoms with Crippen LogP contribution in [0.15, 0.2) is 47.6 Å². The van der Waals surface area contributed by atoms with E-state index < -0.39 is 6.09 Å². The molecular formula is C22H24Cl2N4O3S. The van der Waals surface area contributed by atoms with Crippen LogP contribution in [0.5, 0.6) is 0 Å². The van der Waals surface area contributed by atoms with Gasteiger partial charge >= 0.3 is 11.3 Å². The molecule has 0 radical (unpaired) electrons. The van der Waals surface area contributed by atoms with Crippen molar-refractivity contribution >= 4 is 57.7 Å². The number of ether oxygens (including phenoxy) is 1. The van der Waals surface area contributed by atoms with E-state index in [4.69, 9.17) is 27.9 Å². The number of hydrazone groups is 1. The van der Waals surface area contributed by atoms with E-state index in [1.807, 2.05) is 37.2 Å². The number of carbonyl (C=O) groups excluding carboxylic acids is 2. The third kappa shape index (κ3) is 7.13. The third-order valence-corrected chi connectivity index (χ3v) is 6.14. The number of hydrogen-bond donors (Lipinski definition) is 1. The van der Waals surface area contributed by atoms with Gasteiger partial charge in [0.25, 0.3) is 0 Å². The smallest absolute Gasteiger partial charge is 0.411 e. The second-order valence-electron chi connectivity index (χ2n) is 7.41. The van der Waals surface area contributed by atoms with Crippen LogP contribution in [0.2, 0.25) is 10.0 Å². The summed E-state index contributed by atoms with van der Waals surface area (Å²) < 4.78 is 5.20. The van der Waals surface area contributed by atoms with Crippen molar-refractivity contribution in [1.29, 1.82) is 0 Å². The summed E-state index contributed by atoms with van der Waals surface area (Å²) in [5.41, 5.74) is 2.97. The van der Waals surface area contributed by atoms with E-state index in [0.29, 0.717) is 28.1 Å². The van der Waals surface area contributed by atoms with Crippen LogP contribution in [0.1, 0.15) is 17.5 Å². The van der Waals surface area contributed by atoms with Crippen molar-refractivity contribution in [1.82, 2.24) is 9.91 Å². The summed E-state index contributed by atoms with van der Waals surface area (Å²) >= 11 is 13.3. The summed E-state index contributed by atoms with van der Waals surface area (Å²) in [4.78, 5) is 26.4. The number of nitrogens with one attached hydrogen (secondary N) is 1. The lowest BCUT2D eigenvalue weighted by atomic mass is 10.1. The molecule has 2 aromatic carbocycles. The maximum Gasteiger partial charge on any atom is 0.411 e. The first-order valence-electron chi connectivity index (χ1n) is 9.96. The molecule has 7 nitrogen and oxygen atoms in total. The van der Waals surface area contributed by atoms with Crippen molar-refractivity contribution in [2.45, 2.75) is 13.0 Å². The van der Waals surface area contributed by atoms with Crippen LogP contribution in [0, 0.1) is 0 Å². The molecule has 0 spiro atoms. The molecule has 1 heterocycles. The van der Waals surface area contributed by atoms with Crippen LogP contribution >= 0.6 is 35.0 Å². The Morgan fingerprint density at radius 2 is 2.03 bits per heavy atom. The number of rotatable bonds is 8. The molecule has 3 rings (SSSR count). The minimum atomic E-state index is -0.509. The Morgan fingerprint density at radius 3 is 2.78 bits per heavy atom. The Balaban J connectivity index is 1.63. The quantitative estimate of drug-likeness (QED) is 0.485. The minimum absolute atomic E-state index is 0.146. The maximum absolute atomic E-state index is 12.4. The highest BCUT2D eigenvalue weighted by Gasteiger charge is 2.23. The first-order valence-corrected chi connectivity index (χ1v) is 11.7. The average molecular weight is 495 g/mol. The number of anilines is 1. The molecule has 1 aliphatic heterocycles. The molecule has 0 saturated heterocycles. The topological polar surface area (TPSA) is 74.2 Å². The van der Waals surface area contributed by atoms with Gasteiger partial charge in [-0.1, -0.05) is 53.2 Å². The van der Waals surface area contributed by atoms with Crippen LogP contribution in [0.25, 0.3) is 0 Å². The Bertz CT molecular complexity index is 1020. The van der Waals surface area contributed by atoms with E-state index >= 15 is 0 Å². The fourth-order valence-electron chi connectivity index (χ4n) is 2.96. The van der Waals surface area contributed by atoms with Crippen molar-refractivity contribution in [3.63, 3.8) is 0 Å². The predicted octanol–water partition coefficient (Wildman–Crippen LogP) is 5.57. The molecule has 2 amide bonds. The summed E-state index contributed by atoms with van der Waals surface area (Å²) in [7, 11) is 3.93. The minimum Gasteiger partial charge on any atom is -0.449 e. The fourth-order valence-corrected chi connectivity index (χ4v) is 3.99. The summed E-state index contributed by atoms with van der Waals surface area (Å²) in [5.74, 6) is 0.453. The van der Waals surface area contributed by atoms with Crippen molar-refractivity contribution in [2.24, 2.45) is 5.10 Å². The normalized spacial score (nSPS) is 13.8. The number of thioether (sulfide) groups is 1. The lowest BCUT2D eigenvalue weighted by Crippen LogP contribution is -2.29. The molecule has 0 aliphatic carbocycles. The van der Waals surface area contributed by atoms with E-state index in [9.17, 15) is 9.59 Å². The van der Waals surface area contributed by atoms with Crippen LogP contribution in [0.3, 0.4) is 0 Å². The number of halogens is 2. The average Bonchev–Trinajstić information content (AvgIpc) is 2.75. The van der Waals surface area contributed by atoms with E-state index in [0.717, 1.165) is 29.8 Å². The highest BCUT2D eigenvalue weighted by molar-refractivity contribution is 8.14. The van der Waals surface area contributed by atoms with Gasteiger partial charge in [-0.25, -0.2) is 9.80 Å². The molecule has 0 aromatic heterocycles. The van der Waals surface area contributed by atoms with Crippen LogP contribution in [-0.2, 0) is 11.3 Å². The first-order chi connectivity index (χ1) is 15.3. The zero-order valence-corrected chi connectivity index (χ0v) is 20.1. The lowest BCUT2D eigenvalue weighted by Gasteiger charge is -2.23. The SMILES string of the molecule is CN(C)CCCOC(=O)Nc1cccc(CN2N=C(c3ccc(Cl)c(Cl)c3)CSC2=O)c1. The van der Waals surface area contributed by atoms with Gasteiger partial charge in [0.1, 0.15) is 0 Å². The van der Waals surface area contributed by atoms with Crippen LogP contribution in [0.4, 0.5) is 15.3 Å². The molecule has 0 saturated carbocycles. The molecule has 32 heavy (non-hydrogen) atoms. The van der Waals surface area contributed by atoms with Crippen molar-refractivity contribution in [3.8, 4) is 0 Å². The fraction of sp³-hybridized carbons (Fsp3) is 0.318. The summed E-state index contributed by atoms with van der Waals surface area (Å²) in [6.07, 6.45) is 0.249. The van der Waals surface area contributed by atoms with Gasteiger partial charge in [-0.2, -0.15) is 5.10 Å². The van der Waals surface area contributed by atoms with Crippen molar-refractivity contribution in [2.75, 3.05) is 38.3 Å². The first kappa shape index (κ1) is 24.4. The van der Waals surface area contributed by atoms with E-state index in [1.54, 1.807) is 24.3 Å². The number of benzene rings is 2. The van der Waals surface area contributed by atoms with Crippen LogP contribution < -0.4 is 5.32 Å². The Morgan fingerprint density at radius 1 is 1.22 bits per heavy atom. The van der Waals surface area contributed by atoms with Gasteiger partial charge in [-0.3, -0.25) is 10.1 Å². The van der Waals surface area contributed by atoms with Gasteiger partial charge in [0.05, 0.1) is 28.9 Å². The van der Waals surface area contributed by atoms with E-state index in [1.165, 1.54) is 16.8 Å². The molecule has 0 atom stereocenters. The molecule has 10 heteroatoms. The summed E-state index contributed by atoms with van der Waals surface area (Å²) in [5, 5.41) is 9.40. The maximum atomic E-state index is 12.4. The Hall–Kier alpha value is -2.26. The zero-order valence-electron chi connectivity index (χ0n) is 17.8. The van der Waals surface area contributed by atoms with Gasteiger partial charge in [0, 0.05) is 23.5 Å². The number of hydrogen-bond acceptors (Lipinski definition) is 6. The van der Waals surface area contributed by atoms with Crippen molar-refractivity contribution in [3.05, 3.63) is 63.6 Å². The van der Waals surface area contributed by atoms with Gasteiger partial charge in [-0.05, 0) is 50.3 Å². The number of carbonyl (C=O) groups is 2. The molecule has 1 N–H and O–H groups in total. The lowest BCUT2D eigenvalue weighted by molar-refractivity contribution is 0.156. The Labute approximate surface area is 201 Å². The molecule has 0 unspecified atom stereocenters. The molecule has 170 valence electrons. The second-order valence-corrected chi connectivity index (χ2v) is 9.15. The highest BCUT2D eigenvalue weighted by Crippen LogP contribution is 2.27. The zero-order chi connectivity index (χ0) is 23.1. The highest BCUT2D eigenvalue weighted by atomic mass is 35.5. The van der Waals surface area contributed by atoms with Crippen molar-refractivity contribution < 1.29 is 14.3 Å². The monoisotopic (exact) mass is 494 g/mol. The Kier molecular flexibility index (Phi) is 8.81. The van der Waals surface area contributed by atoms with E-state index in [-0.39, 0.29) is 11.8 Å². The van der Waals surface area contributed by atoms with Gasteiger partial charge in [0.2, 0.25) is 0 Å². The summed E-state index contributed by atoms with van der Waals surface area (Å²) in [6, 6.07) is 12.5. The standard InChI is InChI=1S/C22H24Cl2N4O3S/c1-27(2)9-4-10-31-21(29)25-17-6-3-5-15(11-17)13-28-22(30)32-14-20(26-28)16-7-8-18(23)19(24)12-16/h3,5-8,11-12H,4,9-10,13-14H2,1-2H3,(H,25,29). The molecule has 1 aliphatic rings. The van der Waals surface area contributed by atoms with Gasteiger partial charge in [-0.15, -0.1) is 0 Å². The largest absolute Gasteiger partial charge is 0.449 e. The summed E-state index contributed by atoms with van der Waals surface area (Å²) in [6.45, 7) is 1.45.